The van der Waals surface area contributed by atoms with E-state index in [0.717, 1.165) is 30.3 Å². The van der Waals surface area contributed by atoms with Crippen molar-refractivity contribution in [1.29, 1.82) is 0 Å². The summed E-state index contributed by atoms with van der Waals surface area (Å²) in [7, 11) is 0. The van der Waals surface area contributed by atoms with Crippen LogP contribution in [0.25, 0.3) is 0 Å². The van der Waals surface area contributed by atoms with Crippen molar-refractivity contribution in [3.05, 3.63) is 29.8 Å². The van der Waals surface area contributed by atoms with E-state index in [1.54, 1.807) is 0 Å². The van der Waals surface area contributed by atoms with Gasteiger partial charge in [-0.1, -0.05) is 19.9 Å². The smallest absolute Gasteiger partial charge is 0.122 e. The fourth-order valence-electron chi connectivity index (χ4n) is 1.34. The molecule has 1 radical (unpaired) electrons. The molecule has 1 rings (SSSR count). The SMILES string of the molecule is Cc1c[c]ccc1OCCCC(C)C. The fraction of sp³-hybridized carbons (Fsp3) is 0.538. The highest BCUT2D eigenvalue weighted by Crippen LogP contribution is 2.16. The molecule has 0 unspecified atom stereocenters. The second-order valence-electron chi connectivity index (χ2n) is 4.08. The van der Waals surface area contributed by atoms with Crippen LogP contribution in [-0.4, -0.2) is 6.61 Å². The van der Waals surface area contributed by atoms with Gasteiger partial charge in [-0.2, -0.15) is 0 Å². The van der Waals surface area contributed by atoms with Gasteiger partial charge >= 0.3 is 0 Å². The molecule has 0 aromatic heterocycles. The van der Waals surface area contributed by atoms with Crippen LogP contribution in [0.1, 0.15) is 32.3 Å². The van der Waals surface area contributed by atoms with Gasteiger partial charge in [0.05, 0.1) is 6.61 Å². The van der Waals surface area contributed by atoms with Gasteiger partial charge in [0.25, 0.3) is 0 Å². The number of aryl methyl sites for hydroxylation is 1. The lowest BCUT2D eigenvalue weighted by Crippen LogP contribution is -2.00. The molecule has 14 heavy (non-hydrogen) atoms. The second kappa shape index (κ2) is 5.69. The van der Waals surface area contributed by atoms with E-state index in [1.165, 1.54) is 6.42 Å². The van der Waals surface area contributed by atoms with Crippen molar-refractivity contribution in [3.63, 3.8) is 0 Å². The van der Waals surface area contributed by atoms with Crippen molar-refractivity contribution in [2.45, 2.75) is 33.6 Å². The zero-order valence-electron chi connectivity index (χ0n) is 9.34. The first-order chi connectivity index (χ1) is 6.70. The van der Waals surface area contributed by atoms with E-state index in [0.29, 0.717) is 0 Å². The van der Waals surface area contributed by atoms with Crippen LogP contribution < -0.4 is 4.74 Å². The highest BCUT2D eigenvalue weighted by molar-refractivity contribution is 5.31. The molecule has 0 heterocycles. The van der Waals surface area contributed by atoms with Gasteiger partial charge in [0.15, 0.2) is 0 Å². The normalized spacial score (nSPS) is 10.6. The molecular weight excluding hydrogens is 172 g/mol. The standard InChI is InChI=1S/C13H19O/c1-11(2)7-6-10-14-13-9-5-4-8-12(13)3/h5,8-9,11H,6-7,10H2,1-3H3. The van der Waals surface area contributed by atoms with Gasteiger partial charge in [0.2, 0.25) is 0 Å². The predicted octanol–water partition coefficient (Wildman–Crippen LogP) is 3.61. The van der Waals surface area contributed by atoms with E-state index < -0.39 is 0 Å². The number of hydrogen-bond acceptors (Lipinski definition) is 1. The Morgan fingerprint density at radius 3 is 2.86 bits per heavy atom. The molecule has 1 aromatic rings. The van der Waals surface area contributed by atoms with Gasteiger partial charge in [-0.15, -0.1) is 0 Å². The summed E-state index contributed by atoms with van der Waals surface area (Å²) >= 11 is 0. The highest BCUT2D eigenvalue weighted by atomic mass is 16.5. The van der Waals surface area contributed by atoms with E-state index in [-0.39, 0.29) is 0 Å². The van der Waals surface area contributed by atoms with Gasteiger partial charge in [0.1, 0.15) is 5.75 Å². The van der Waals surface area contributed by atoms with E-state index >= 15 is 0 Å². The molecule has 77 valence electrons. The molecule has 0 bridgehead atoms. The molecule has 0 N–H and O–H groups in total. The Labute approximate surface area is 87.1 Å². The van der Waals surface area contributed by atoms with Crippen LogP contribution >= 0.6 is 0 Å². The van der Waals surface area contributed by atoms with Gasteiger partial charge in [-0.3, -0.25) is 0 Å². The topological polar surface area (TPSA) is 9.23 Å². The third-order valence-corrected chi connectivity index (χ3v) is 2.20. The monoisotopic (exact) mass is 191 g/mol. The van der Waals surface area contributed by atoms with E-state index in [2.05, 4.69) is 19.9 Å². The van der Waals surface area contributed by atoms with Gasteiger partial charge in [-0.05, 0) is 49.4 Å². The number of ether oxygens (including phenoxy) is 1. The highest BCUT2D eigenvalue weighted by Gasteiger charge is 1.98. The Kier molecular flexibility index (Phi) is 4.51. The van der Waals surface area contributed by atoms with Crippen molar-refractivity contribution >= 4 is 0 Å². The minimum absolute atomic E-state index is 0.767. The average molecular weight is 191 g/mol. The van der Waals surface area contributed by atoms with Crippen molar-refractivity contribution in [1.82, 2.24) is 0 Å². The predicted molar refractivity (Wildman–Crippen MR) is 59.6 cm³/mol. The molecule has 0 atom stereocenters. The summed E-state index contributed by atoms with van der Waals surface area (Å²) < 4.78 is 5.67. The summed E-state index contributed by atoms with van der Waals surface area (Å²) in [6.45, 7) is 7.35. The van der Waals surface area contributed by atoms with Crippen molar-refractivity contribution in [3.8, 4) is 5.75 Å². The molecule has 1 heteroatoms. The van der Waals surface area contributed by atoms with E-state index in [9.17, 15) is 0 Å². The Bertz CT molecular complexity index is 266. The largest absolute Gasteiger partial charge is 0.493 e. The first kappa shape index (κ1) is 11.1. The maximum Gasteiger partial charge on any atom is 0.122 e. The quantitative estimate of drug-likeness (QED) is 0.646. The zero-order valence-corrected chi connectivity index (χ0v) is 9.34. The lowest BCUT2D eigenvalue weighted by molar-refractivity contribution is 0.296. The lowest BCUT2D eigenvalue weighted by atomic mass is 10.1. The van der Waals surface area contributed by atoms with Gasteiger partial charge in [0, 0.05) is 0 Å². The third kappa shape index (κ3) is 3.82. The average Bonchev–Trinajstić information content (AvgIpc) is 2.15. The molecule has 0 fully saturated rings. The summed E-state index contributed by atoms with van der Waals surface area (Å²) in [6.07, 6.45) is 2.37. The molecular formula is C13H19O. The Balaban J connectivity index is 2.28. The van der Waals surface area contributed by atoms with Crippen LogP contribution in [0, 0.1) is 18.9 Å². The molecule has 0 aliphatic carbocycles. The third-order valence-electron chi connectivity index (χ3n) is 2.20. The van der Waals surface area contributed by atoms with Crippen LogP contribution in [0.2, 0.25) is 0 Å². The van der Waals surface area contributed by atoms with Crippen LogP contribution in [0.15, 0.2) is 18.2 Å². The van der Waals surface area contributed by atoms with Crippen molar-refractivity contribution < 1.29 is 4.74 Å². The Hall–Kier alpha value is -0.980. The maximum absolute atomic E-state index is 5.67. The minimum atomic E-state index is 0.767. The first-order valence-electron chi connectivity index (χ1n) is 5.29. The molecule has 0 aliphatic rings. The number of benzene rings is 1. The Morgan fingerprint density at radius 1 is 1.43 bits per heavy atom. The summed E-state index contributed by atoms with van der Waals surface area (Å²) in [6, 6.07) is 8.86. The molecule has 1 aromatic carbocycles. The van der Waals surface area contributed by atoms with E-state index in [1.807, 2.05) is 25.1 Å². The maximum atomic E-state index is 5.67. The van der Waals surface area contributed by atoms with Gasteiger partial charge in [-0.25, -0.2) is 0 Å². The molecule has 0 spiro atoms. The molecule has 0 amide bonds. The van der Waals surface area contributed by atoms with Gasteiger partial charge < -0.3 is 4.74 Å². The van der Waals surface area contributed by atoms with Crippen molar-refractivity contribution in [2.75, 3.05) is 6.61 Å². The molecule has 0 aliphatic heterocycles. The number of hydrogen-bond donors (Lipinski definition) is 0. The fourth-order valence-corrected chi connectivity index (χ4v) is 1.34. The molecule has 0 saturated carbocycles. The number of rotatable bonds is 5. The van der Waals surface area contributed by atoms with Crippen molar-refractivity contribution in [2.24, 2.45) is 5.92 Å². The summed E-state index contributed by atoms with van der Waals surface area (Å²) in [5.74, 6) is 1.76. The first-order valence-corrected chi connectivity index (χ1v) is 5.29. The van der Waals surface area contributed by atoms with Crippen LogP contribution in [0.4, 0.5) is 0 Å². The zero-order chi connectivity index (χ0) is 10.4. The summed E-state index contributed by atoms with van der Waals surface area (Å²) in [5.41, 5.74) is 1.16. The Morgan fingerprint density at radius 2 is 2.21 bits per heavy atom. The molecule has 1 nitrogen and oxygen atoms in total. The lowest BCUT2D eigenvalue weighted by Gasteiger charge is -2.09. The summed E-state index contributed by atoms with van der Waals surface area (Å²) in [5, 5.41) is 0. The minimum Gasteiger partial charge on any atom is -0.493 e. The second-order valence-corrected chi connectivity index (χ2v) is 4.08. The van der Waals surface area contributed by atoms with Crippen LogP contribution in [0.5, 0.6) is 5.75 Å². The van der Waals surface area contributed by atoms with Crippen LogP contribution in [0.3, 0.4) is 0 Å². The summed E-state index contributed by atoms with van der Waals surface area (Å²) in [4.78, 5) is 0. The molecule has 0 saturated heterocycles. The van der Waals surface area contributed by atoms with E-state index in [4.69, 9.17) is 4.74 Å². The van der Waals surface area contributed by atoms with Crippen LogP contribution in [-0.2, 0) is 0 Å².